The van der Waals surface area contributed by atoms with Crippen LogP contribution in [-0.4, -0.2) is 64.6 Å². The highest BCUT2D eigenvalue weighted by molar-refractivity contribution is 6.30. The number of piperazine rings is 1. The maximum atomic E-state index is 12.4. The quantitative estimate of drug-likeness (QED) is 0.775. The summed E-state index contributed by atoms with van der Waals surface area (Å²) in [4.78, 5) is 28.0. The van der Waals surface area contributed by atoms with Crippen LogP contribution in [0.15, 0.2) is 28.7 Å². The molecule has 2 amide bonds. The molecular formula is C18H21ClN4O4. The molecule has 2 heterocycles. The number of ether oxygens (including phenoxy) is 1. The van der Waals surface area contributed by atoms with Gasteiger partial charge < -0.3 is 19.0 Å². The summed E-state index contributed by atoms with van der Waals surface area (Å²) in [6.45, 7) is 5.45. The van der Waals surface area contributed by atoms with Crippen molar-refractivity contribution < 1.29 is 18.7 Å². The summed E-state index contributed by atoms with van der Waals surface area (Å²) >= 11 is 5.82. The van der Waals surface area contributed by atoms with Gasteiger partial charge in [0.15, 0.2) is 6.61 Å². The van der Waals surface area contributed by atoms with E-state index in [0.29, 0.717) is 42.8 Å². The summed E-state index contributed by atoms with van der Waals surface area (Å²) in [6.07, 6.45) is 0. The number of halogens is 1. The van der Waals surface area contributed by atoms with E-state index in [9.17, 15) is 9.59 Å². The Kier molecular flexibility index (Phi) is 5.95. The van der Waals surface area contributed by atoms with Gasteiger partial charge in [0, 0.05) is 37.1 Å². The van der Waals surface area contributed by atoms with Crippen LogP contribution in [-0.2, 0) is 4.79 Å². The molecule has 1 aromatic heterocycles. The van der Waals surface area contributed by atoms with Gasteiger partial charge in [-0.3, -0.25) is 9.59 Å². The normalized spacial score (nSPS) is 14.5. The molecule has 0 unspecified atom stereocenters. The second-order valence-corrected chi connectivity index (χ2v) is 6.95. The zero-order valence-electron chi connectivity index (χ0n) is 15.2. The number of benzene rings is 1. The Morgan fingerprint density at radius 2 is 1.74 bits per heavy atom. The minimum absolute atomic E-state index is 0.00968. The van der Waals surface area contributed by atoms with Gasteiger partial charge in [-0.2, -0.15) is 0 Å². The molecule has 0 spiro atoms. The SMILES string of the molecule is CC(C)c1nnc(C(=O)N2CCN(C(=O)COc3ccc(Cl)cc3)CC2)o1. The Morgan fingerprint density at radius 3 is 2.33 bits per heavy atom. The minimum Gasteiger partial charge on any atom is -0.484 e. The molecule has 0 radical (unpaired) electrons. The van der Waals surface area contributed by atoms with Crippen molar-refractivity contribution in [1.29, 1.82) is 0 Å². The Balaban J connectivity index is 1.48. The monoisotopic (exact) mass is 392 g/mol. The molecule has 0 N–H and O–H groups in total. The maximum Gasteiger partial charge on any atom is 0.311 e. The molecule has 1 aromatic carbocycles. The predicted octanol–water partition coefficient (Wildman–Crippen LogP) is 2.21. The highest BCUT2D eigenvalue weighted by Gasteiger charge is 2.28. The van der Waals surface area contributed by atoms with Crippen LogP contribution in [0.3, 0.4) is 0 Å². The molecule has 1 fully saturated rings. The van der Waals surface area contributed by atoms with Gasteiger partial charge in [-0.15, -0.1) is 10.2 Å². The average molecular weight is 393 g/mol. The average Bonchev–Trinajstić information content (AvgIpc) is 3.17. The Hall–Kier alpha value is -2.61. The highest BCUT2D eigenvalue weighted by atomic mass is 35.5. The molecule has 1 saturated heterocycles. The van der Waals surface area contributed by atoms with E-state index in [2.05, 4.69) is 10.2 Å². The lowest BCUT2D eigenvalue weighted by Gasteiger charge is -2.33. The summed E-state index contributed by atoms with van der Waals surface area (Å²) in [5.41, 5.74) is 0. The number of amides is 2. The first-order chi connectivity index (χ1) is 12.9. The molecule has 3 rings (SSSR count). The van der Waals surface area contributed by atoms with E-state index in [1.54, 1.807) is 34.1 Å². The van der Waals surface area contributed by atoms with Gasteiger partial charge in [-0.25, -0.2) is 0 Å². The molecular weight excluding hydrogens is 372 g/mol. The van der Waals surface area contributed by atoms with Crippen molar-refractivity contribution in [3.63, 3.8) is 0 Å². The summed E-state index contributed by atoms with van der Waals surface area (Å²) in [5.74, 6) is 0.639. The highest BCUT2D eigenvalue weighted by Crippen LogP contribution is 2.16. The van der Waals surface area contributed by atoms with Crippen LogP contribution in [0, 0.1) is 0 Å². The number of hydrogen-bond donors (Lipinski definition) is 0. The first kappa shape index (κ1) is 19.2. The molecule has 0 aliphatic carbocycles. The van der Waals surface area contributed by atoms with E-state index < -0.39 is 0 Å². The van der Waals surface area contributed by atoms with Gasteiger partial charge in [0.05, 0.1) is 0 Å². The zero-order chi connectivity index (χ0) is 19.4. The molecule has 1 aliphatic rings. The Morgan fingerprint density at radius 1 is 1.11 bits per heavy atom. The third-order valence-electron chi connectivity index (χ3n) is 4.21. The first-order valence-corrected chi connectivity index (χ1v) is 9.10. The molecule has 1 aliphatic heterocycles. The first-order valence-electron chi connectivity index (χ1n) is 8.73. The molecule has 144 valence electrons. The van der Waals surface area contributed by atoms with Gasteiger partial charge in [-0.05, 0) is 24.3 Å². The fraction of sp³-hybridized carbons (Fsp3) is 0.444. The predicted molar refractivity (Wildman–Crippen MR) is 97.8 cm³/mol. The van der Waals surface area contributed by atoms with Gasteiger partial charge in [0.1, 0.15) is 5.75 Å². The summed E-state index contributed by atoms with van der Waals surface area (Å²) in [6, 6.07) is 6.83. The lowest BCUT2D eigenvalue weighted by molar-refractivity contribution is -0.134. The molecule has 0 atom stereocenters. The van der Waals surface area contributed by atoms with Crippen LogP contribution in [0.4, 0.5) is 0 Å². The van der Waals surface area contributed by atoms with Crippen molar-refractivity contribution >= 4 is 23.4 Å². The number of nitrogens with zero attached hydrogens (tertiary/aromatic N) is 4. The molecule has 0 saturated carbocycles. The standard InChI is InChI=1S/C18H21ClN4O4/c1-12(2)16-20-21-17(27-16)18(25)23-9-7-22(8-10-23)15(24)11-26-14-5-3-13(19)4-6-14/h3-6,12H,7-11H2,1-2H3. The van der Waals surface area contributed by atoms with Crippen LogP contribution in [0.1, 0.15) is 36.3 Å². The second kappa shape index (κ2) is 8.39. The van der Waals surface area contributed by atoms with Gasteiger partial charge >= 0.3 is 11.8 Å². The van der Waals surface area contributed by atoms with E-state index in [0.717, 1.165) is 0 Å². The number of carbonyl (C=O) groups excluding carboxylic acids is 2. The maximum absolute atomic E-state index is 12.4. The molecule has 27 heavy (non-hydrogen) atoms. The van der Waals surface area contributed by atoms with Crippen LogP contribution in [0.5, 0.6) is 5.75 Å². The largest absolute Gasteiger partial charge is 0.484 e. The van der Waals surface area contributed by atoms with E-state index in [1.807, 2.05) is 13.8 Å². The van der Waals surface area contributed by atoms with Crippen LogP contribution < -0.4 is 4.74 Å². The van der Waals surface area contributed by atoms with E-state index >= 15 is 0 Å². The van der Waals surface area contributed by atoms with Crippen LogP contribution in [0.25, 0.3) is 0 Å². The van der Waals surface area contributed by atoms with Gasteiger partial charge in [0.25, 0.3) is 5.91 Å². The van der Waals surface area contributed by atoms with Crippen LogP contribution in [0.2, 0.25) is 5.02 Å². The van der Waals surface area contributed by atoms with E-state index in [1.165, 1.54) is 0 Å². The van der Waals surface area contributed by atoms with Gasteiger partial charge in [-0.1, -0.05) is 25.4 Å². The summed E-state index contributed by atoms with van der Waals surface area (Å²) in [7, 11) is 0. The van der Waals surface area contributed by atoms with E-state index in [-0.39, 0.29) is 30.2 Å². The van der Waals surface area contributed by atoms with Gasteiger partial charge in [0.2, 0.25) is 5.89 Å². The second-order valence-electron chi connectivity index (χ2n) is 6.52. The smallest absolute Gasteiger partial charge is 0.311 e. The van der Waals surface area contributed by atoms with Crippen molar-refractivity contribution in [2.75, 3.05) is 32.8 Å². The lowest BCUT2D eigenvalue weighted by Crippen LogP contribution is -2.51. The molecule has 0 bridgehead atoms. The summed E-state index contributed by atoms with van der Waals surface area (Å²) in [5, 5.41) is 8.31. The minimum atomic E-state index is -0.307. The lowest BCUT2D eigenvalue weighted by atomic mass is 10.2. The van der Waals surface area contributed by atoms with Crippen molar-refractivity contribution in [2.45, 2.75) is 19.8 Å². The Labute approximate surface area is 162 Å². The fourth-order valence-corrected chi connectivity index (χ4v) is 2.74. The van der Waals surface area contributed by atoms with Crippen molar-refractivity contribution in [2.24, 2.45) is 0 Å². The molecule has 2 aromatic rings. The van der Waals surface area contributed by atoms with Crippen molar-refractivity contribution in [3.05, 3.63) is 41.1 Å². The van der Waals surface area contributed by atoms with E-state index in [4.69, 9.17) is 20.8 Å². The number of rotatable bonds is 5. The summed E-state index contributed by atoms with van der Waals surface area (Å²) < 4.78 is 10.9. The van der Waals surface area contributed by atoms with Crippen LogP contribution >= 0.6 is 11.6 Å². The number of aromatic nitrogens is 2. The molecule has 9 heteroatoms. The molecule has 8 nitrogen and oxygen atoms in total. The number of carbonyl (C=O) groups is 2. The van der Waals surface area contributed by atoms with Crippen molar-refractivity contribution in [1.82, 2.24) is 20.0 Å². The zero-order valence-corrected chi connectivity index (χ0v) is 16.0. The number of hydrogen-bond acceptors (Lipinski definition) is 6. The fourth-order valence-electron chi connectivity index (χ4n) is 2.62. The van der Waals surface area contributed by atoms with Crippen molar-refractivity contribution in [3.8, 4) is 5.75 Å². The third kappa shape index (κ3) is 4.77. The Bertz CT molecular complexity index is 798. The third-order valence-corrected chi connectivity index (χ3v) is 4.46. The topological polar surface area (TPSA) is 88.8 Å².